The van der Waals surface area contributed by atoms with Crippen LogP contribution in [0.5, 0.6) is 5.75 Å². The zero-order chi connectivity index (χ0) is 39.3. The summed E-state index contributed by atoms with van der Waals surface area (Å²) >= 11 is 0. The predicted octanol–water partition coefficient (Wildman–Crippen LogP) is 5.40. The van der Waals surface area contributed by atoms with Crippen molar-refractivity contribution in [1.29, 1.82) is 0 Å². The van der Waals surface area contributed by atoms with Gasteiger partial charge in [0.05, 0.1) is 31.7 Å². The maximum atomic E-state index is 14.3. The molecule has 4 atom stereocenters. The molecular weight excluding hydrogens is 717 g/mol. The van der Waals surface area contributed by atoms with Crippen LogP contribution in [0.3, 0.4) is 0 Å². The van der Waals surface area contributed by atoms with Gasteiger partial charge in [0, 0.05) is 6.42 Å². The average Bonchev–Trinajstić information content (AvgIpc) is 3.54. The van der Waals surface area contributed by atoms with E-state index in [9.17, 15) is 18.9 Å². The van der Waals surface area contributed by atoms with Crippen LogP contribution >= 0.6 is 7.52 Å². The lowest BCUT2D eigenvalue weighted by Gasteiger charge is -2.25. The van der Waals surface area contributed by atoms with Crippen molar-refractivity contribution in [2.75, 3.05) is 18.7 Å². The van der Waals surface area contributed by atoms with Gasteiger partial charge < -0.3 is 39.1 Å². The molecule has 2 heterocycles. The van der Waals surface area contributed by atoms with Gasteiger partial charge in [0.25, 0.3) is 0 Å². The molecule has 4 N–H and O–H groups in total. The minimum Gasteiger partial charge on any atom is -0.464 e. The van der Waals surface area contributed by atoms with Crippen molar-refractivity contribution in [3.05, 3.63) is 78.4 Å². The first-order valence-corrected chi connectivity index (χ1v) is 19.5. The first-order chi connectivity index (χ1) is 25.7. The van der Waals surface area contributed by atoms with Crippen molar-refractivity contribution in [2.45, 2.75) is 91.8 Å². The number of esters is 2. The van der Waals surface area contributed by atoms with Gasteiger partial charge in [-0.3, -0.25) is 9.36 Å². The largest absolute Gasteiger partial charge is 0.464 e. The molecule has 16 nitrogen and oxygen atoms in total. The molecular formula is C37H50N7O9P. The summed E-state index contributed by atoms with van der Waals surface area (Å²) in [4.78, 5) is 50.9. The minimum absolute atomic E-state index is 0.0305. The molecule has 54 heavy (non-hydrogen) atoms. The van der Waals surface area contributed by atoms with E-state index in [1.54, 1.807) is 55.9 Å². The molecule has 0 aliphatic carbocycles. The number of fused-ring (bicyclic) bond motifs is 1. The van der Waals surface area contributed by atoms with Gasteiger partial charge in [-0.1, -0.05) is 56.3 Å². The standard InChI is InChI=1S/C37H50N7O9P/c1-24(2)16-17-49-36(46)31(42-37(47)50-20-29-10-8-7-9-11-29)18-28-12-14-30(15-13-28)53-54(48,43-27(6)35(45)52-25(3)4)23-51-26(5)19-44-22-41-32-33(38)39-21-40-34(32)44/h7-15,21-22,24-27,31H,16-20,23H2,1-6H3,(H,42,47)(H,43,48)(H2,38,39,40)/t26-,27+,31+,54+/m1/s1. The first-order valence-electron chi connectivity index (χ1n) is 17.7. The molecule has 17 heteroatoms. The topological polar surface area (TPSA) is 208 Å². The van der Waals surface area contributed by atoms with Crippen LogP contribution < -0.4 is 20.7 Å². The number of nitrogens with one attached hydrogen (secondary N) is 2. The van der Waals surface area contributed by atoms with E-state index in [2.05, 4.69) is 25.4 Å². The van der Waals surface area contributed by atoms with Crippen LogP contribution in [0.2, 0.25) is 0 Å². The van der Waals surface area contributed by atoms with E-state index in [1.807, 2.05) is 44.2 Å². The molecule has 2 aromatic heterocycles. The predicted molar refractivity (Wildman–Crippen MR) is 201 cm³/mol. The highest BCUT2D eigenvalue weighted by molar-refractivity contribution is 7.57. The molecule has 0 radical (unpaired) electrons. The number of nitrogens with two attached hydrogens (primary N) is 1. The first kappa shape index (κ1) is 41.7. The van der Waals surface area contributed by atoms with Crippen molar-refractivity contribution in [3.63, 3.8) is 0 Å². The highest BCUT2D eigenvalue weighted by Gasteiger charge is 2.32. The Kier molecular flexibility index (Phi) is 15.3. The Morgan fingerprint density at radius 2 is 1.61 bits per heavy atom. The molecule has 0 saturated heterocycles. The molecule has 0 fully saturated rings. The molecule has 0 aliphatic rings. The van der Waals surface area contributed by atoms with Gasteiger partial charge in [0.2, 0.25) is 0 Å². The van der Waals surface area contributed by atoms with E-state index in [0.717, 1.165) is 5.56 Å². The van der Waals surface area contributed by atoms with Gasteiger partial charge in [0.15, 0.2) is 11.5 Å². The fraction of sp³-hybridized carbons (Fsp3) is 0.459. The number of alkyl carbamates (subject to hydrolysis) is 1. The second-order valence-corrected chi connectivity index (χ2v) is 15.5. The molecule has 0 saturated carbocycles. The number of amides is 1. The number of carbonyl (C=O) groups excluding carboxylic acids is 3. The van der Waals surface area contributed by atoms with E-state index < -0.39 is 50.1 Å². The van der Waals surface area contributed by atoms with Crippen molar-refractivity contribution in [3.8, 4) is 5.75 Å². The number of nitrogen functional groups attached to an aromatic ring is 1. The molecule has 0 aliphatic heterocycles. The highest BCUT2D eigenvalue weighted by atomic mass is 31.2. The van der Waals surface area contributed by atoms with Crippen LogP contribution in [0.4, 0.5) is 10.6 Å². The van der Waals surface area contributed by atoms with Crippen molar-refractivity contribution < 1.29 is 42.4 Å². The van der Waals surface area contributed by atoms with E-state index in [0.29, 0.717) is 35.6 Å². The van der Waals surface area contributed by atoms with Crippen LogP contribution in [0.1, 0.15) is 59.1 Å². The Bertz CT molecular complexity index is 1870. The quantitative estimate of drug-likeness (QED) is 0.0585. The fourth-order valence-electron chi connectivity index (χ4n) is 5.05. The van der Waals surface area contributed by atoms with Crippen molar-refractivity contribution >= 4 is 42.5 Å². The third-order valence-electron chi connectivity index (χ3n) is 7.85. The minimum atomic E-state index is -3.92. The van der Waals surface area contributed by atoms with Crippen LogP contribution in [0.25, 0.3) is 11.2 Å². The molecule has 0 bridgehead atoms. The smallest absolute Gasteiger partial charge is 0.408 e. The van der Waals surface area contributed by atoms with E-state index >= 15 is 0 Å². The number of aromatic nitrogens is 4. The fourth-order valence-corrected chi connectivity index (χ4v) is 6.84. The number of imidazole rings is 1. The summed E-state index contributed by atoms with van der Waals surface area (Å²) in [7, 11) is -3.92. The normalized spacial score (nSPS) is 14.2. The zero-order valence-electron chi connectivity index (χ0n) is 31.5. The molecule has 0 spiro atoms. The SMILES string of the molecule is CC(C)CCOC(=O)[C@H](Cc1ccc(O[P@@](=O)(CO[C@H](C)Cn2cnc3c(N)ncnc32)N[C@@H](C)C(=O)OC(C)C)cc1)NC(=O)OCc1ccccc1. The van der Waals surface area contributed by atoms with Gasteiger partial charge in [-0.2, -0.15) is 0 Å². The number of rotatable bonds is 20. The Morgan fingerprint density at radius 3 is 2.30 bits per heavy atom. The van der Waals surface area contributed by atoms with E-state index in [4.69, 9.17) is 29.2 Å². The Labute approximate surface area is 315 Å². The molecule has 1 amide bonds. The van der Waals surface area contributed by atoms with Gasteiger partial charge >= 0.3 is 25.6 Å². The third kappa shape index (κ3) is 13.1. The molecule has 4 rings (SSSR count). The summed E-state index contributed by atoms with van der Waals surface area (Å²) in [6, 6.07) is 13.6. The summed E-state index contributed by atoms with van der Waals surface area (Å²) < 4.78 is 44.1. The Balaban J connectivity index is 1.45. The molecule has 4 aromatic rings. The Morgan fingerprint density at radius 1 is 0.889 bits per heavy atom. The lowest BCUT2D eigenvalue weighted by atomic mass is 10.1. The van der Waals surface area contributed by atoms with Crippen LogP contribution in [0.15, 0.2) is 67.3 Å². The average molecular weight is 768 g/mol. The number of ether oxygens (including phenoxy) is 4. The second-order valence-electron chi connectivity index (χ2n) is 13.5. The Hall–Kier alpha value is -5.05. The number of nitrogens with zero attached hydrogens (tertiary/aromatic N) is 4. The third-order valence-corrected chi connectivity index (χ3v) is 9.63. The van der Waals surface area contributed by atoms with Gasteiger partial charge in [-0.05, 0) is 63.3 Å². The maximum absolute atomic E-state index is 14.3. The monoisotopic (exact) mass is 767 g/mol. The summed E-state index contributed by atoms with van der Waals surface area (Å²) in [5, 5.41) is 5.41. The second kappa shape index (κ2) is 19.9. The van der Waals surface area contributed by atoms with E-state index in [-0.39, 0.29) is 37.3 Å². The summed E-state index contributed by atoms with van der Waals surface area (Å²) in [6.45, 7) is 11.3. The van der Waals surface area contributed by atoms with Gasteiger partial charge in [-0.15, -0.1) is 0 Å². The number of hydrogen-bond donors (Lipinski definition) is 3. The molecule has 292 valence electrons. The number of benzene rings is 2. The van der Waals surface area contributed by atoms with Crippen molar-refractivity contribution in [2.24, 2.45) is 5.92 Å². The van der Waals surface area contributed by atoms with E-state index in [1.165, 1.54) is 13.3 Å². The van der Waals surface area contributed by atoms with Gasteiger partial charge in [0.1, 0.15) is 42.6 Å². The number of anilines is 1. The van der Waals surface area contributed by atoms with Gasteiger partial charge in [-0.25, -0.2) is 29.6 Å². The number of carbonyl (C=O) groups is 3. The van der Waals surface area contributed by atoms with Crippen molar-refractivity contribution in [1.82, 2.24) is 29.9 Å². The molecule has 0 unspecified atom stereocenters. The van der Waals surface area contributed by atoms with Crippen LogP contribution in [-0.2, 0) is 52.7 Å². The maximum Gasteiger partial charge on any atom is 0.408 e. The van der Waals surface area contributed by atoms with Crippen LogP contribution in [-0.4, -0.2) is 74.8 Å². The van der Waals surface area contributed by atoms with Crippen LogP contribution in [0, 0.1) is 5.92 Å². The number of hydrogen-bond acceptors (Lipinski definition) is 13. The lowest BCUT2D eigenvalue weighted by molar-refractivity contribution is -0.149. The lowest BCUT2D eigenvalue weighted by Crippen LogP contribution is -2.43. The summed E-state index contributed by atoms with van der Waals surface area (Å²) in [5.41, 5.74) is 8.33. The summed E-state index contributed by atoms with van der Waals surface area (Å²) in [5.74, 6) is -0.441. The highest BCUT2D eigenvalue weighted by Crippen LogP contribution is 2.44. The summed E-state index contributed by atoms with van der Waals surface area (Å²) in [6.07, 6.45) is 1.59. The zero-order valence-corrected chi connectivity index (χ0v) is 32.4. The molecule has 2 aromatic carbocycles.